The molecule has 0 spiro atoms. The van der Waals surface area contributed by atoms with Crippen molar-refractivity contribution in [2.45, 2.75) is 13.5 Å². The molecule has 0 atom stereocenters. The summed E-state index contributed by atoms with van der Waals surface area (Å²) in [6.45, 7) is 6.88. The molecule has 0 N–H and O–H groups in total. The van der Waals surface area contributed by atoms with E-state index in [9.17, 15) is 4.79 Å². The predicted octanol–water partition coefficient (Wildman–Crippen LogP) is 4.45. The van der Waals surface area contributed by atoms with Crippen LogP contribution in [0, 0.1) is 0 Å². The van der Waals surface area contributed by atoms with Crippen molar-refractivity contribution in [2.75, 3.05) is 27.9 Å². The van der Waals surface area contributed by atoms with Gasteiger partial charge in [-0.15, -0.1) is 6.58 Å². The minimum atomic E-state index is -0.381. The van der Waals surface area contributed by atoms with Crippen molar-refractivity contribution in [3.05, 3.63) is 59.4 Å². The fourth-order valence-corrected chi connectivity index (χ4v) is 4.27. The summed E-state index contributed by atoms with van der Waals surface area (Å²) >= 11 is 1.43. The summed E-state index contributed by atoms with van der Waals surface area (Å²) in [5.74, 6) is 1.91. The number of amides is 1. The molecule has 8 heteroatoms. The molecule has 0 unspecified atom stereocenters. The standard InChI is InChI=1S/C24H26N2O5S/c1-6-12-26-18-10-9-17(31-7-2)15-21(18)32-24(26)25-22(27)11-8-16-13-19(28-3)23(30-5)20(14-16)29-4/h6,8-11,13-15H,1,7,12H2,2-5H3. The van der Waals surface area contributed by atoms with E-state index in [0.29, 0.717) is 35.2 Å². The van der Waals surface area contributed by atoms with E-state index < -0.39 is 0 Å². The molecular formula is C24H26N2O5S. The van der Waals surface area contributed by atoms with E-state index in [1.807, 2.05) is 29.7 Å². The van der Waals surface area contributed by atoms with E-state index in [0.717, 1.165) is 21.5 Å². The lowest BCUT2D eigenvalue weighted by molar-refractivity contribution is -0.113. The number of methoxy groups -OCH3 is 3. The first-order chi connectivity index (χ1) is 15.5. The zero-order valence-corrected chi connectivity index (χ0v) is 19.4. The Morgan fingerprint density at radius 3 is 2.44 bits per heavy atom. The lowest BCUT2D eigenvalue weighted by atomic mass is 10.1. The summed E-state index contributed by atoms with van der Waals surface area (Å²) in [5, 5.41) is 0. The number of allylic oxidation sites excluding steroid dienone is 1. The Balaban J connectivity index is 1.96. The van der Waals surface area contributed by atoms with Gasteiger partial charge in [-0.3, -0.25) is 4.79 Å². The molecule has 2 aromatic carbocycles. The number of carbonyl (C=O) groups is 1. The van der Waals surface area contributed by atoms with Crippen molar-refractivity contribution in [1.82, 2.24) is 4.57 Å². The molecule has 0 bridgehead atoms. The lowest BCUT2D eigenvalue weighted by Crippen LogP contribution is -2.15. The number of hydrogen-bond acceptors (Lipinski definition) is 6. The summed E-state index contributed by atoms with van der Waals surface area (Å²) in [4.78, 5) is 17.5. The third-order valence-corrected chi connectivity index (χ3v) is 5.63. The van der Waals surface area contributed by atoms with Gasteiger partial charge in [-0.05, 0) is 48.9 Å². The van der Waals surface area contributed by atoms with E-state index in [1.54, 1.807) is 45.6 Å². The Morgan fingerprint density at radius 2 is 1.84 bits per heavy atom. The zero-order chi connectivity index (χ0) is 23.1. The third-order valence-electron chi connectivity index (χ3n) is 4.59. The Morgan fingerprint density at radius 1 is 1.12 bits per heavy atom. The molecule has 3 rings (SSSR count). The summed E-state index contributed by atoms with van der Waals surface area (Å²) in [6, 6.07) is 9.36. The molecule has 168 valence electrons. The average Bonchev–Trinajstić information content (AvgIpc) is 3.13. The molecule has 0 saturated carbocycles. The molecular weight excluding hydrogens is 428 g/mol. The van der Waals surface area contributed by atoms with Crippen molar-refractivity contribution in [3.8, 4) is 23.0 Å². The van der Waals surface area contributed by atoms with Gasteiger partial charge >= 0.3 is 0 Å². The highest BCUT2D eigenvalue weighted by molar-refractivity contribution is 7.16. The zero-order valence-electron chi connectivity index (χ0n) is 18.6. The molecule has 7 nitrogen and oxygen atoms in total. The SMILES string of the molecule is C=CCn1c(=NC(=O)C=Cc2cc(OC)c(OC)c(OC)c2)sc2cc(OCC)ccc21. The maximum Gasteiger partial charge on any atom is 0.272 e. The van der Waals surface area contributed by atoms with Crippen LogP contribution in [-0.4, -0.2) is 38.4 Å². The number of thiazole rings is 1. The maximum atomic E-state index is 12.6. The lowest BCUT2D eigenvalue weighted by Gasteiger charge is -2.12. The molecule has 1 heterocycles. The Labute approximate surface area is 190 Å². The van der Waals surface area contributed by atoms with Crippen LogP contribution in [0.25, 0.3) is 16.3 Å². The molecule has 0 fully saturated rings. The molecule has 1 amide bonds. The van der Waals surface area contributed by atoms with Gasteiger partial charge in [0.2, 0.25) is 5.75 Å². The molecule has 0 aliphatic heterocycles. The highest BCUT2D eigenvalue weighted by atomic mass is 32.1. The normalized spacial score (nSPS) is 11.7. The highest BCUT2D eigenvalue weighted by Gasteiger charge is 2.12. The van der Waals surface area contributed by atoms with E-state index in [1.165, 1.54) is 17.4 Å². The molecule has 3 aromatic rings. The minimum Gasteiger partial charge on any atom is -0.494 e. The third kappa shape index (κ3) is 5.03. The summed E-state index contributed by atoms with van der Waals surface area (Å²) in [6.07, 6.45) is 4.85. The van der Waals surface area contributed by atoms with Crippen LogP contribution in [0.5, 0.6) is 23.0 Å². The number of aromatic nitrogens is 1. The smallest absolute Gasteiger partial charge is 0.272 e. The number of nitrogens with zero attached hydrogens (tertiary/aromatic N) is 2. The molecule has 32 heavy (non-hydrogen) atoms. The molecule has 0 aliphatic carbocycles. The first-order valence-corrected chi connectivity index (χ1v) is 10.8. The van der Waals surface area contributed by atoms with E-state index in [2.05, 4.69) is 11.6 Å². The van der Waals surface area contributed by atoms with Crippen LogP contribution in [0.2, 0.25) is 0 Å². The van der Waals surface area contributed by atoms with Crippen LogP contribution >= 0.6 is 11.3 Å². The van der Waals surface area contributed by atoms with E-state index >= 15 is 0 Å². The van der Waals surface area contributed by atoms with Gasteiger partial charge in [0.25, 0.3) is 5.91 Å². The van der Waals surface area contributed by atoms with Gasteiger partial charge in [0.05, 0.1) is 38.2 Å². The second-order valence-corrected chi connectivity index (χ2v) is 7.60. The number of fused-ring (bicyclic) bond motifs is 1. The molecule has 0 radical (unpaired) electrons. The van der Waals surface area contributed by atoms with Crippen LogP contribution in [0.3, 0.4) is 0 Å². The van der Waals surface area contributed by atoms with Crippen molar-refractivity contribution in [1.29, 1.82) is 0 Å². The Bertz CT molecular complexity index is 1200. The largest absolute Gasteiger partial charge is 0.494 e. The maximum absolute atomic E-state index is 12.6. The fraction of sp³-hybridized carbons (Fsp3) is 0.250. The van der Waals surface area contributed by atoms with Crippen LogP contribution < -0.4 is 23.7 Å². The van der Waals surface area contributed by atoms with Gasteiger partial charge in [-0.25, -0.2) is 0 Å². The van der Waals surface area contributed by atoms with Gasteiger partial charge in [0, 0.05) is 12.6 Å². The van der Waals surface area contributed by atoms with Crippen LogP contribution in [0.1, 0.15) is 12.5 Å². The highest BCUT2D eigenvalue weighted by Crippen LogP contribution is 2.38. The van der Waals surface area contributed by atoms with Gasteiger partial charge < -0.3 is 23.5 Å². The number of hydrogen-bond donors (Lipinski definition) is 0. The number of carbonyl (C=O) groups excluding carboxylic acids is 1. The summed E-state index contributed by atoms with van der Waals surface area (Å²) in [5.41, 5.74) is 1.69. The molecule has 0 aliphatic rings. The average molecular weight is 455 g/mol. The molecule has 0 saturated heterocycles. The summed E-state index contributed by atoms with van der Waals surface area (Å²) < 4.78 is 24.6. The van der Waals surface area contributed by atoms with Gasteiger partial charge in [-0.1, -0.05) is 17.4 Å². The van der Waals surface area contributed by atoms with Crippen LogP contribution in [-0.2, 0) is 11.3 Å². The van der Waals surface area contributed by atoms with Crippen LogP contribution in [0.15, 0.2) is 54.1 Å². The first-order valence-electron chi connectivity index (χ1n) is 9.98. The number of rotatable bonds is 9. The molecule has 1 aromatic heterocycles. The Kier molecular flexibility index (Phi) is 7.72. The first kappa shape index (κ1) is 23.1. The summed E-state index contributed by atoms with van der Waals surface area (Å²) in [7, 11) is 4.63. The van der Waals surface area contributed by atoms with Gasteiger partial charge in [0.15, 0.2) is 16.3 Å². The quantitative estimate of drug-likeness (QED) is 0.353. The topological polar surface area (TPSA) is 71.3 Å². The van der Waals surface area contributed by atoms with Crippen molar-refractivity contribution < 1.29 is 23.7 Å². The number of benzene rings is 2. The van der Waals surface area contributed by atoms with Gasteiger partial charge in [0.1, 0.15) is 5.75 Å². The van der Waals surface area contributed by atoms with Gasteiger partial charge in [-0.2, -0.15) is 4.99 Å². The second-order valence-electron chi connectivity index (χ2n) is 6.59. The van der Waals surface area contributed by atoms with Crippen molar-refractivity contribution in [2.24, 2.45) is 4.99 Å². The van der Waals surface area contributed by atoms with Crippen molar-refractivity contribution in [3.63, 3.8) is 0 Å². The predicted molar refractivity (Wildman–Crippen MR) is 127 cm³/mol. The monoisotopic (exact) mass is 454 g/mol. The fourth-order valence-electron chi connectivity index (χ4n) is 3.20. The van der Waals surface area contributed by atoms with Crippen LogP contribution in [0.4, 0.5) is 0 Å². The number of ether oxygens (including phenoxy) is 4. The minimum absolute atomic E-state index is 0.381. The second kappa shape index (κ2) is 10.7. The Hall–Kier alpha value is -3.52. The van der Waals surface area contributed by atoms with E-state index in [-0.39, 0.29) is 5.91 Å². The van der Waals surface area contributed by atoms with E-state index in [4.69, 9.17) is 18.9 Å². The van der Waals surface area contributed by atoms with Crippen molar-refractivity contribution >= 4 is 33.5 Å².